The van der Waals surface area contributed by atoms with Crippen LogP contribution in [0.4, 0.5) is 4.39 Å². The molecule has 1 heterocycles. The topological polar surface area (TPSA) is 15.3 Å². The maximum Gasteiger partial charge on any atom is 0.123 e. The third-order valence-electron chi connectivity index (χ3n) is 3.49. The number of halogens is 1. The summed E-state index contributed by atoms with van der Waals surface area (Å²) in [5.74, 6) is -0.154. The van der Waals surface area contributed by atoms with Crippen molar-refractivity contribution in [3.63, 3.8) is 0 Å². The van der Waals surface area contributed by atoms with Crippen LogP contribution in [0.1, 0.15) is 24.8 Å². The van der Waals surface area contributed by atoms with E-state index in [1.807, 2.05) is 19.2 Å². The van der Waals surface area contributed by atoms with Crippen LogP contribution in [0, 0.1) is 5.82 Å². The number of nitrogens with zero attached hydrogens (tertiary/aromatic N) is 1. The molecule has 0 amide bonds. The molecule has 0 spiro atoms. The van der Waals surface area contributed by atoms with Gasteiger partial charge in [-0.25, -0.2) is 4.39 Å². The van der Waals surface area contributed by atoms with E-state index in [1.54, 1.807) is 12.1 Å². The molecule has 0 saturated carbocycles. The van der Waals surface area contributed by atoms with Crippen molar-refractivity contribution in [2.75, 3.05) is 20.1 Å². The van der Waals surface area contributed by atoms with Gasteiger partial charge in [-0.05, 0) is 44.1 Å². The molecule has 1 aliphatic heterocycles. The molecule has 1 N–H and O–H groups in total. The molecule has 1 aromatic carbocycles. The first-order valence-corrected chi connectivity index (χ1v) is 6.42. The Morgan fingerprint density at radius 1 is 1.29 bits per heavy atom. The number of benzene rings is 1. The molecule has 94 valence electrons. The second kappa shape index (κ2) is 6.12. The monoisotopic (exact) mass is 236 g/mol. The van der Waals surface area contributed by atoms with E-state index in [1.165, 1.54) is 24.8 Å². The fraction of sp³-hybridized carbons (Fsp3) is 0.571. The summed E-state index contributed by atoms with van der Waals surface area (Å²) in [7, 11) is 2.00. The zero-order valence-electron chi connectivity index (χ0n) is 10.5. The second-order valence-corrected chi connectivity index (χ2v) is 4.80. The number of piperidine rings is 1. The molecule has 1 unspecified atom stereocenters. The Hall–Kier alpha value is -0.930. The maximum absolute atomic E-state index is 12.8. The van der Waals surface area contributed by atoms with E-state index in [-0.39, 0.29) is 5.82 Å². The van der Waals surface area contributed by atoms with Crippen molar-refractivity contribution in [2.24, 2.45) is 0 Å². The minimum atomic E-state index is -0.154. The van der Waals surface area contributed by atoms with E-state index in [4.69, 9.17) is 0 Å². The molecule has 0 aliphatic carbocycles. The smallest absolute Gasteiger partial charge is 0.123 e. The highest BCUT2D eigenvalue weighted by Crippen LogP contribution is 2.19. The quantitative estimate of drug-likeness (QED) is 0.863. The van der Waals surface area contributed by atoms with Crippen LogP contribution in [0.3, 0.4) is 0 Å². The molecule has 2 rings (SSSR count). The van der Waals surface area contributed by atoms with Gasteiger partial charge in [0.15, 0.2) is 0 Å². The fourth-order valence-electron chi connectivity index (χ4n) is 2.56. The third kappa shape index (κ3) is 3.51. The Morgan fingerprint density at radius 3 is 2.76 bits per heavy atom. The van der Waals surface area contributed by atoms with Gasteiger partial charge in [-0.3, -0.25) is 4.90 Å². The minimum absolute atomic E-state index is 0.154. The zero-order chi connectivity index (χ0) is 12.1. The van der Waals surface area contributed by atoms with Crippen LogP contribution in [0.15, 0.2) is 24.3 Å². The molecule has 0 bridgehead atoms. The van der Waals surface area contributed by atoms with E-state index in [0.717, 1.165) is 19.6 Å². The summed E-state index contributed by atoms with van der Waals surface area (Å²) >= 11 is 0. The molecule has 17 heavy (non-hydrogen) atoms. The summed E-state index contributed by atoms with van der Waals surface area (Å²) in [5.41, 5.74) is 1.20. The van der Waals surface area contributed by atoms with Crippen LogP contribution in [0.5, 0.6) is 0 Å². The van der Waals surface area contributed by atoms with Gasteiger partial charge in [0.2, 0.25) is 0 Å². The van der Waals surface area contributed by atoms with E-state index >= 15 is 0 Å². The van der Waals surface area contributed by atoms with Crippen molar-refractivity contribution in [1.29, 1.82) is 0 Å². The Balaban J connectivity index is 1.97. The highest BCUT2D eigenvalue weighted by atomic mass is 19.1. The van der Waals surface area contributed by atoms with Crippen molar-refractivity contribution >= 4 is 0 Å². The summed E-state index contributed by atoms with van der Waals surface area (Å²) in [6, 6.07) is 7.50. The first-order valence-electron chi connectivity index (χ1n) is 6.42. The first kappa shape index (κ1) is 12.5. The van der Waals surface area contributed by atoms with Gasteiger partial charge in [0.05, 0.1) is 0 Å². The lowest BCUT2D eigenvalue weighted by molar-refractivity contribution is 0.139. The summed E-state index contributed by atoms with van der Waals surface area (Å²) in [6.45, 7) is 3.14. The van der Waals surface area contributed by atoms with Crippen LogP contribution in [-0.4, -0.2) is 31.1 Å². The van der Waals surface area contributed by atoms with E-state index in [0.29, 0.717) is 6.04 Å². The summed E-state index contributed by atoms with van der Waals surface area (Å²) in [5, 5.41) is 3.26. The number of hydrogen-bond donors (Lipinski definition) is 1. The molecule has 1 aliphatic rings. The minimum Gasteiger partial charge on any atom is -0.318 e. The summed E-state index contributed by atoms with van der Waals surface area (Å²) in [6.07, 6.45) is 3.87. The zero-order valence-corrected chi connectivity index (χ0v) is 10.5. The number of nitrogens with one attached hydrogen (secondary N) is 1. The maximum atomic E-state index is 12.8. The van der Waals surface area contributed by atoms with Crippen LogP contribution >= 0.6 is 0 Å². The molecular weight excluding hydrogens is 215 g/mol. The number of likely N-dealkylation sites (tertiary alicyclic amines) is 1. The average Bonchev–Trinajstić information content (AvgIpc) is 2.35. The van der Waals surface area contributed by atoms with Gasteiger partial charge in [0.25, 0.3) is 0 Å². The largest absolute Gasteiger partial charge is 0.318 e. The van der Waals surface area contributed by atoms with Crippen molar-refractivity contribution in [3.05, 3.63) is 35.6 Å². The number of rotatable bonds is 4. The van der Waals surface area contributed by atoms with E-state index < -0.39 is 0 Å². The number of hydrogen-bond acceptors (Lipinski definition) is 2. The first-order chi connectivity index (χ1) is 8.29. The standard InChI is InChI=1S/C14H21FN2/c1-16-10-14-4-2-3-9-17(14)11-12-5-7-13(15)8-6-12/h5-8,14,16H,2-4,9-11H2,1H3. The summed E-state index contributed by atoms with van der Waals surface area (Å²) < 4.78 is 12.8. The van der Waals surface area contributed by atoms with Crippen molar-refractivity contribution in [1.82, 2.24) is 10.2 Å². The molecular formula is C14H21FN2. The average molecular weight is 236 g/mol. The predicted molar refractivity (Wildman–Crippen MR) is 68.4 cm³/mol. The van der Waals surface area contributed by atoms with Gasteiger partial charge in [0.1, 0.15) is 5.82 Å². The highest BCUT2D eigenvalue weighted by Gasteiger charge is 2.21. The lowest BCUT2D eigenvalue weighted by atomic mass is 10.0. The summed E-state index contributed by atoms with van der Waals surface area (Å²) in [4.78, 5) is 2.51. The highest BCUT2D eigenvalue weighted by molar-refractivity contribution is 5.16. The van der Waals surface area contributed by atoms with Gasteiger partial charge in [0, 0.05) is 19.1 Å². The van der Waals surface area contributed by atoms with Crippen LogP contribution < -0.4 is 5.32 Å². The molecule has 1 atom stereocenters. The van der Waals surface area contributed by atoms with Crippen molar-refractivity contribution in [3.8, 4) is 0 Å². The fourth-order valence-corrected chi connectivity index (χ4v) is 2.56. The van der Waals surface area contributed by atoms with Crippen LogP contribution in [-0.2, 0) is 6.54 Å². The van der Waals surface area contributed by atoms with Gasteiger partial charge in [-0.1, -0.05) is 18.6 Å². The van der Waals surface area contributed by atoms with Crippen molar-refractivity contribution in [2.45, 2.75) is 31.8 Å². The van der Waals surface area contributed by atoms with Gasteiger partial charge in [-0.15, -0.1) is 0 Å². The normalized spacial score (nSPS) is 21.6. The van der Waals surface area contributed by atoms with Gasteiger partial charge >= 0.3 is 0 Å². The van der Waals surface area contributed by atoms with E-state index in [9.17, 15) is 4.39 Å². The molecule has 1 fully saturated rings. The molecule has 1 aromatic rings. The molecule has 0 radical (unpaired) electrons. The Labute approximate surface area is 103 Å². The number of likely N-dealkylation sites (N-methyl/N-ethyl adjacent to an activating group) is 1. The molecule has 3 heteroatoms. The van der Waals surface area contributed by atoms with Crippen LogP contribution in [0.25, 0.3) is 0 Å². The second-order valence-electron chi connectivity index (χ2n) is 4.80. The Bertz CT molecular complexity index is 335. The van der Waals surface area contributed by atoms with E-state index in [2.05, 4.69) is 10.2 Å². The van der Waals surface area contributed by atoms with Gasteiger partial charge in [-0.2, -0.15) is 0 Å². The lowest BCUT2D eigenvalue weighted by Crippen LogP contribution is -2.44. The molecule has 2 nitrogen and oxygen atoms in total. The molecule has 1 saturated heterocycles. The predicted octanol–water partition coefficient (Wildman–Crippen LogP) is 2.40. The lowest BCUT2D eigenvalue weighted by Gasteiger charge is -2.35. The SMILES string of the molecule is CNCC1CCCCN1Cc1ccc(F)cc1. The molecule has 0 aromatic heterocycles. The Kier molecular flexibility index (Phi) is 4.51. The Morgan fingerprint density at radius 2 is 2.06 bits per heavy atom. The van der Waals surface area contributed by atoms with Crippen molar-refractivity contribution < 1.29 is 4.39 Å². The van der Waals surface area contributed by atoms with Gasteiger partial charge < -0.3 is 5.32 Å². The van der Waals surface area contributed by atoms with Crippen LogP contribution in [0.2, 0.25) is 0 Å². The third-order valence-corrected chi connectivity index (χ3v) is 3.49.